The van der Waals surface area contributed by atoms with Gasteiger partial charge in [-0.3, -0.25) is 9.88 Å². The number of nitrogens with one attached hydrogen (secondary N) is 1. The van der Waals surface area contributed by atoms with E-state index in [4.69, 9.17) is 0 Å². The van der Waals surface area contributed by atoms with Crippen molar-refractivity contribution in [2.24, 2.45) is 0 Å². The highest BCUT2D eigenvalue weighted by atomic mass is 15.3. The van der Waals surface area contributed by atoms with E-state index in [1.165, 1.54) is 37.3 Å². The average Bonchev–Trinajstić information content (AvgIpc) is 2.42. The van der Waals surface area contributed by atoms with Crippen LogP contribution in [0.2, 0.25) is 0 Å². The number of anilines is 1. The van der Waals surface area contributed by atoms with Gasteiger partial charge in [0.1, 0.15) is 0 Å². The fraction of sp³-hybridized carbons (Fsp3) is 0.667. The second-order valence-corrected chi connectivity index (χ2v) is 5.31. The summed E-state index contributed by atoms with van der Waals surface area (Å²) >= 11 is 0. The van der Waals surface area contributed by atoms with Crippen LogP contribution >= 0.6 is 0 Å². The van der Waals surface area contributed by atoms with Gasteiger partial charge in [0, 0.05) is 55.9 Å². The molecule has 0 atom stereocenters. The molecule has 0 spiro atoms. The first-order chi connectivity index (χ1) is 9.24. The lowest BCUT2D eigenvalue weighted by atomic mass is 10.1. The molecule has 1 saturated heterocycles. The van der Waals surface area contributed by atoms with Crippen molar-refractivity contribution in [3.63, 3.8) is 0 Å². The third-order valence-electron chi connectivity index (χ3n) is 3.72. The van der Waals surface area contributed by atoms with E-state index < -0.39 is 0 Å². The summed E-state index contributed by atoms with van der Waals surface area (Å²) in [4.78, 5) is 9.49. The van der Waals surface area contributed by atoms with Gasteiger partial charge in [-0.25, -0.2) is 0 Å². The van der Waals surface area contributed by atoms with Gasteiger partial charge >= 0.3 is 0 Å². The Hall–Kier alpha value is -1.13. The van der Waals surface area contributed by atoms with Crippen molar-refractivity contribution in [1.82, 2.24) is 15.2 Å². The molecule has 0 amide bonds. The number of hydrogen-bond acceptors (Lipinski definition) is 4. The molecule has 0 saturated carbocycles. The molecule has 1 N–H and O–H groups in total. The molecule has 4 nitrogen and oxygen atoms in total. The van der Waals surface area contributed by atoms with Crippen LogP contribution in [0.25, 0.3) is 0 Å². The van der Waals surface area contributed by atoms with Crippen LogP contribution in [0.4, 0.5) is 5.69 Å². The second kappa shape index (κ2) is 6.87. The number of hydrogen-bond donors (Lipinski definition) is 1. The highest BCUT2D eigenvalue weighted by molar-refractivity contribution is 5.54. The molecule has 0 aliphatic carbocycles. The summed E-state index contributed by atoms with van der Waals surface area (Å²) in [5, 5.41) is 3.23. The number of piperazine rings is 1. The molecule has 1 fully saturated rings. The minimum Gasteiger partial charge on any atom is -0.369 e. The standard InChI is InChI=1S/C15H26N4/c1-4-5-18-6-8-19(9-7-18)15-10-13(2)17-12-14(15)11-16-3/h10,12,16H,4-9,11H2,1-3H3. The first kappa shape index (κ1) is 14.3. The Morgan fingerprint density at radius 3 is 2.63 bits per heavy atom. The van der Waals surface area contributed by atoms with Crippen molar-refractivity contribution in [3.05, 3.63) is 23.5 Å². The van der Waals surface area contributed by atoms with Gasteiger partial charge < -0.3 is 10.2 Å². The lowest BCUT2D eigenvalue weighted by molar-refractivity contribution is 0.258. The van der Waals surface area contributed by atoms with Crippen molar-refractivity contribution in [1.29, 1.82) is 0 Å². The highest BCUT2D eigenvalue weighted by Crippen LogP contribution is 2.22. The predicted octanol–water partition coefficient (Wildman–Crippen LogP) is 1.64. The molecule has 0 unspecified atom stereocenters. The van der Waals surface area contributed by atoms with E-state index in [-0.39, 0.29) is 0 Å². The first-order valence-electron chi connectivity index (χ1n) is 7.32. The van der Waals surface area contributed by atoms with Crippen molar-refractivity contribution in [2.75, 3.05) is 44.7 Å². The molecule has 1 aliphatic rings. The topological polar surface area (TPSA) is 31.4 Å². The largest absolute Gasteiger partial charge is 0.369 e. The van der Waals surface area contributed by atoms with E-state index >= 15 is 0 Å². The number of nitrogens with zero attached hydrogens (tertiary/aromatic N) is 3. The van der Waals surface area contributed by atoms with Crippen LogP contribution in [0.3, 0.4) is 0 Å². The Morgan fingerprint density at radius 1 is 1.26 bits per heavy atom. The molecule has 2 heterocycles. The summed E-state index contributed by atoms with van der Waals surface area (Å²) in [7, 11) is 1.99. The van der Waals surface area contributed by atoms with Crippen LogP contribution in [-0.2, 0) is 6.54 Å². The summed E-state index contributed by atoms with van der Waals surface area (Å²) in [6.45, 7) is 11.0. The van der Waals surface area contributed by atoms with Gasteiger partial charge in [0.2, 0.25) is 0 Å². The normalized spacial score (nSPS) is 16.9. The van der Waals surface area contributed by atoms with Crippen molar-refractivity contribution in [2.45, 2.75) is 26.8 Å². The zero-order chi connectivity index (χ0) is 13.7. The summed E-state index contributed by atoms with van der Waals surface area (Å²) in [6, 6.07) is 2.22. The predicted molar refractivity (Wildman–Crippen MR) is 80.7 cm³/mol. The molecular formula is C15H26N4. The second-order valence-electron chi connectivity index (χ2n) is 5.31. The van der Waals surface area contributed by atoms with Gasteiger partial charge in [0.15, 0.2) is 0 Å². The van der Waals surface area contributed by atoms with Crippen molar-refractivity contribution < 1.29 is 0 Å². The Balaban J connectivity index is 2.07. The Bertz CT molecular complexity index is 397. The van der Waals surface area contributed by atoms with E-state index in [1.54, 1.807) is 0 Å². The monoisotopic (exact) mass is 262 g/mol. The molecule has 4 heteroatoms. The summed E-state index contributed by atoms with van der Waals surface area (Å²) < 4.78 is 0. The van der Waals surface area contributed by atoms with Crippen molar-refractivity contribution in [3.8, 4) is 0 Å². The highest BCUT2D eigenvalue weighted by Gasteiger charge is 2.18. The molecule has 0 radical (unpaired) electrons. The van der Waals surface area contributed by atoms with E-state index in [0.29, 0.717) is 0 Å². The minimum absolute atomic E-state index is 0.887. The Morgan fingerprint density at radius 2 is 2.00 bits per heavy atom. The fourth-order valence-electron chi connectivity index (χ4n) is 2.72. The van der Waals surface area contributed by atoms with Gasteiger partial charge in [0.05, 0.1) is 0 Å². The van der Waals surface area contributed by atoms with Gasteiger partial charge in [-0.15, -0.1) is 0 Å². The molecule has 2 rings (SSSR count). The molecule has 1 aromatic rings. The van der Waals surface area contributed by atoms with Gasteiger partial charge in [0.25, 0.3) is 0 Å². The van der Waals surface area contributed by atoms with E-state index in [2.05, 4.69) is 40.0 Å². The minimum atomic E-state index is 0.887. The quantitative estimate of drug-likeness (QED) is 0.874. The van der Waals surface area contributed by atoms with E-state index in [0.717, 1.165) is 25.3 Å². The van der Waals surface area contributed by atoms with Crippen molar-refractivity contribution >= 4 is 5.69 Å². The number of aryl methyl sites for hydroxylation is 1. The lowest BCUT2D eigenvalue weighted by Crippen LogP contribution is -2.47. The SMILES string of the molecule is CCCN1CCN(c2cc(C)ncc2CNC)CC1. The zero-order valence-electron chi connectivity index (χ0n) is 12.4. The Kier molecular flexibility index (Phi) is 5.16. The molecule has 0 bridgehead atoms. The smallest absolute Gasteiger partial charge is 0.0446 e. The number of pyridine rings is 1. The van der Waals surface area contributed by atoms with E-state index in [9.17, 15) is 0 Å². The zero-order valence-corrected chi connectivity index (χ0v) is 12.4. The molecule has 1 aliphatic heterocycles. The van der Waals surface area contributed by atoms with Gasteiger partial charge in [-0.1, -0.05) is 6.92 Å². The lowest BCUT2D eigenvalue weighted by Gasteiger charge is -2.37. The number of rotatable bonds is 5. The van der Waals surface area contributed by atoms with Crippen LogP contribution in [0.15, 0.2) is 12.3 Å². The van der Waals surface area contributed by atoms with Crippen LogP contribution in [0.1, 0.15) is 24.6 Å². The summed E-state index contributed by atoms with van der Waals surface area (Å²) in [6.07, 6.45) is 3.26. The molecule has 106 valence electrons. The maximum absolute atomic E-state index is 4.42. The van der Waals surface area contributed by atoms with Crippen LogP contribution < -0.4 is 10.2 Å². The third-order valence-corrected chi connectivity index (χ3v) is 3.72. The fourth-order valence-corrected chi connectivity index (χ4v) is 2.72. The molecule has 1 aromatic heterocycles. The van der Waals surface area contributed by atoms with Gasteiger partial charge in [-0.2, -0.15) is 0 Å². The molecule has 0 aromatic carbocycles. The molecular weight excluding hydrogens is 236 g/mol. The van der Waals surface area contributed by atoms with Crippen LogP contribution in [0.5, 0.6) is 0 Å². The third kappa shape index (κ3) is 3.67. The first-order valence-corrected chi connectivity index (χ1v) is 7.32. The van der Waals surface area contributed by atoms with Crippen LogP contribution in [-0.4, -0.2) is 49.7 Å². The maximum Gasteiger partial charge on any atom is 0.0446 e. The van der Waals surface area contributed by atoms with E-state index in [1.807, 2.05) is 13.2 Å². The Labute approximate surface area is 116 Å². The average molecular weight is 262 g/mol. The summed E-state index contributed by atoms with van der Waals surface area (Å²) in [5.74, 6) is 0. The summed E-state index contributed by atoms with van der Waals surface area (Å²) in [5.41, 5.74) is 3.76. The van der Waals surface area contributed by atoms with Crippen LogP contribution in [0, 0.1) is 6.92 Å². The molecule has 19 heavy (non-hydrogen) atoms. The van der Waals surface area contributed by atoms with Gasteiger partial charge in [-0.05, 0) is 33.0 Å². The maximum atomic E-state index is 4.42. The number of aromatic nitrogens is 1.